The van der Waals surface area contributed by atoms with Gasteiger partial charge in [-0.1, -0.05) is 13.8 Å². The second-order valence-electron chi connectivity index (χ2n) is 4.06. The van der Waals surface area contributed by atoms with Gasteiger partial charge in [-0.3, -0.25) is 0 Å². The molecular formula is C12H20N4. The van der Waals surface area contributed by atoms with E-state index in [1.807, 2.05) is 6.20 Å². The predicted molar refractivity (Wildman–Crippen MR) is 65.9 cm³/mol. The largest absolute Gasteiger partial charge is 0.366 e. The van der Waals surface area contributed by atoms with Crippen LogP contribution >= 0.6 is 0 Å². The van der Waals surface area contributed by atoms with E-state index in [4.69, 9.17) is 0 Å². The third-order valence-corrected chi connectivity index (χ3v) is 3.00. The van der Waals surface area contributed by atoms with Crippen molar-refractivity contribution in [3.8, 4) is 0 Å². The summed E-state index contributed by atoms with van der Waals surface area (Å²) in [7, 11) is 0. The summed E-state index contributed by atoms with van der Waals surface area (Å²) in [5.41, 5.74) is 2.41. The van der Waals surface area contributed by atoms with E-state index in [1.165, 1.54) is 11.4 Å². The van der Waals surface area contributed by atoms with E-state index in [1.54, 1.807) is 0 Å². The van der Waals surface area contributed by atoms with Gasteiger partial charge in [-0.2, -0.15) is 0 Å². The summed E-state index contributed by atoms with van der Waals surface area (Å²) in [6, 6.07) is 0. The van der Waals surface area contributed by atoms with Gasteiger partial charge in [0.15, 0.2) is 0 Å². The molecule has 1 aromatic rings. The second-order valence-corrected chi connectivity index (χ2v) is 4.06. The first kappa shape index (κ1) is 11.3. The van der Waals surface area contributed by atoms with Crippen LogP contribution in [-0.2, 0) is 12.8 Å². The van der Waals surface area contributed by atoms with E-state index in [0.717, 1.165) is 44.8 Å². The molecule has 4 nitrogen and oxygen atoms in total. The van der Waals surface area contributed by atoms with Gasteiger partial charge in [0, 0.05) is 32.6 Å². The lowest BCUT2D eigenvalue weighted by Gasteiger charge is -2.30. The van der Waals surface area contributed by atoms with E-state index in [-0.39, 0.29) is 0 Å². The highest BCUT2D eigenvalue weighted by Crippen LogP contribution is 2.19. The molecular weight excluding hydrogens is 200 g/mol. The molecule has 2 rings (SSSR count). The Bertz CT molecular complexity index is 345. The molecule has 0 bridgehead atoms. The molecule has 1 N–H and O–H groups in total. The van der Waals surface area contributed by atoms with Gasteiger partial charge >= 0.3 is 0 Å². The highest BCUT2D eigenvalue weighted by atomic mass is 15.2. The normalized spacial score (nSPS) is 16.5. The van der Waals surface area contributed by atoms with Gasteiger partial charge in [0.2, 0.25) is 0 Å². The first-order valence-corrected chi connectivity index (χ1v) is 6.15. The summed E-state index contributed by atoms with van der Waals surface area (Å²) in [6.07, 6.45) is 3.89. The van der Waals surface area contributed by atoms with Crippen molar-refractivity contribution in [2.45, 2.75) is 26.7 Å². The molecule has 88 valence electrons. The highest BCUT2D eigenvalue weighted by Gasteiger charge is 2.15. The molecule has 1 aliphatic heterocycles. The molecule has 0 amide bonds. The van der Waals surface area contributed by atoms with Gasteiger partial charge in [-0.15, -0.1) is 0 Å². The van der Waals surface area contributed by atoms with Crippen LogP contribution in [0.3, 0.4) is 0 Å². The molecule has 1 aliphatic rings. The van der Waals surface area contributed by atoms with E-state index >= 15 is 0 Å². The zero-order valence-corrected chi connectivity index (χ0v) is 10.2. The summed E-state index contributed by atoms with van der Waals surface area (Å²) in [5, 5.41) is 3.36. The molecule has 0 atom stereocenters. The summed E-state index contributed by atoms with van der Waals surface area (Å²) in [5.74, 6) is 0.954. The monoisotopic (exact) mass is 220 g/mol. The first-order chi connectivity index (χ1) is 7.85. The highest BCUT2D eigenvalue weighted by molar-refractivity contribution is 5.49. The number of nitrogens with one attached hydrogen (secondary N) is 1. The van der Waals surface area contributed by atoms with Crippen molar-refractivity contribution in [1.29, 1.82) is 0 Å². The van der Waals surface area contributed by atoms with Gasteiger partial charge in [-0.05, 0) is 6.42 Å². The second kappa shape index (κ2) is 5.25. The van der Waals surface area contributed by atoms with Crippen LogP contribution in [0, 0.1) is 0 Å². The van der Waals surface area contributed by atoms with Crippen LogP contribution in [0.5, 0.6) is 0 Å². The Morgan fingerprint density at radius 1 is 1.25 bits per heavy atom. The van der Waals surface area contributed by atoms with Crippen molar-refractivity contribution < 1.29 is 0 Å². The van der Waals surface area contributed by atoms with Gasteiger partial charge in [0.1, 0.15) is 5.82 Å². The van der Waals surface area contributed by atoms with Crippen molar-refractivity contribution in [3.63, 3.8) is 0 Å². The fraction of sp³-hybridized carbons (Fsp3) is 0.667. The van der Waals surface area contributed by atoms with E-state index in [2.05, 4.69) is 34.0 Å². The number of piperazine rings is 1. The smallest absolute Gasteiger partial charge is 0.128 e. The Labute approximate surface area is 97.1 Å². The van der Waals surface area contributed by atoms with Crippen molar-refractivity contribution in [3.05, 3.63) is 17.7 Å². The molecule has 1 aromatic heterocycles. The number of hydrogen-bond donors (Lipinski definition) is 1. The van der Waals surface area contributed by atoms with Crippen LogP contribution in [0.4, 0.5) is 5.69 Å². The molecule has 0 aromatic carbocycles. The van der Waals surface area contributed by atoms with Crippen molar-refractivity contribution >= 4 is 5.69 Å². The average Bonchev–Trinajstić information content (AvgIpc) is 2.39. The van der Waals surface area contributed by atoms with Crippen molar-refractivity contribution in [2.75, 3.05) is 31.1 Å². The van der Waals surface area contributed by atoms with Crippen LogP contribution in [0.2, 0.25) is 0 Å². The Morgan fingerprint density at radius 2 is 2.00 bits per heavy atom. The molecule has 4 heteroatoms. The van der Waals surface area contributed by atoms with Gasteiger partial charge in [0.05, 0.1) is 17.6 Å². The fourth-order valence-corrected chi connectivity index (χ4v) is 2.05. The summed E-state index contributed by atoms with van der Waals surface area (Å²) >= 11 is 0. The minimum Gasteiger partial charge on any atom is -0.366 e. The number of hydrogen-bond acceptors (Lipinski definition) is 4. The number of aromatic nitrogens is 2. The Balaban J connectivity index is 2.24. The minimum atomic E-state index is 0.912. The number of rotatable bonds is 3. The Morgan fingerprint density at radius 3 is 2.62 bits per heavy atom. The average molecular weight is 220 g/mol. The fourth-order valence-electron chi connectivity index (χ4n) is 2.05. The first-order valence-electron chi connectivity index (χ1n) is 6.15. The Kier molecular flexibility index (Phi) is 3.72. The third-order valence-electron chi connectivity index (χ3n) is 3.00. The lowest BCUT2D eigenvalue weighted by atomic mass is 10.2. The lowest BCUT2D eigenvalue weighted by molar-refractivity contribution is 0.585. The number of anilines is 1. The lowest BCUT2D eigenvalue weighted by Crippen LogP contribution is -2.44. The van der Waals surface area contributed by atoms with Crippen molar-refractivity contribution in [1.82, 2.24) is 15.3 Å². The quantitative estimate of drug-likeness (QED) is 0.825. The zero-order chi connectivity index (χ0) is 11.4. The molecule has 0 aliphatic carbocycles. The van der Waals surface area contributed by atoms with E-state index in [0.29, 0.717) is 0 Å². The molecule has 16 heavy (non-hydrogen) atoms. The van der Waals surface area contributed by atoms with Crippen LogP contribution in [-0.4, -0.2) is 36.1 Å². The summed E-state index contributed by atoms with van der Waals surface area (Å²) in [4.78, 5) is 11.4. The maximum atomic E-state index is 4.61. The molecule has 2 heterocycles. The number of nitrogens with zero attached hydrogens (tertiary/aromatic N) is 3. The van der Waals surface area contributed by atoms with Crippen molar-refractivity contribution in [2.24, 2.45) is 0 Å². The van der Waals surface area contributed by atoms with Crippen LogP contribution in [0.25, 0.3) is 0 Å². The van der Waals surface area contributed by atoms with Crippen LogP contribution in [0.15, 0.2) is 6.20 Å². The van der Waals surface area contributed by atoms with E-state index in [9.17, 15) is 0 Å². The number of aryl methyl sites for hydroxylation is 2. The Hall–Kier alpha value is -1.16. The van der Waals surface area contributed by atoms with Gasteiger partial charge < -0.3 is 10.2 Å². The zero-order valence-electron chi connectivity index (χ0n) is 10.2. The SMILES string of the molecule is CCc1ncc(N2CCNCC2)c(CC)n1. The molecule has 0 radical (unpaired) electrons. The molecule has 1 fully saturated rings. The molecule has 0 saturated carbocycles. The van der Waals surface area contributed by atoms with E-state index < -0.39 is 0 Å². The topological polar surface area (TPSA) is 41.1 Å². The maximum Gasteiger partial charge on any atom is 0.128 e. The minimum absolute atomic E-state index is 0.912. The molecule has 0 unspecified atom stereocenters. The van der Waals surface area contributed by atoms with Crippen LogP contribution < -0.4 is 10.2 Å². The van der Waals surface area contributed by atoms with Gasteiger partial charge in [0.25, 0.3) is 0 Å². The van der Waals surface area contributed by atoms with Crippen LogP contribution in [0.1, 0.15) is 25.4 Å². The standard InChI is InChI=1S/C12H20N4/c1-3-10-11(9-14-12(4-2)15-10)16-7-5-13-6-8-16/h9,13H,3-8H2,1-2H3. The molecule has 1 saturated heterocycles. The maximum absolute atomic E-state index is 4.61. The summed E-state index contributed by atoms with van der Waals surface area (Å²) in [6.45, 7) is 8.48. The van der Waals surface area contributed by atoms with Gasteiger partial charge in [-0.25, -0.2) is 9.97 Å². The molecule has 0 spiro atoms. The summed E-state index contributed by atoms with van der Waals surface area (Å²) < 4.78 is 0. The predicted octanol–water partition coefficient (Wildman–Crippen LogP) is 1.01. The third kappa shape index (κ3) is 2.32.